The van der Waals surface area contributed by atoms with E-state index in [1.54, 1.807) is 31.8 Å². The third-order valence-electron chi connectivity index (χ3n) is 4.81. The van der Waals surface area contributed by atoms with Gasteiger partial charge in [-0.05, 0) is 19.1 Å². The molecule has 9 nitrogen and oxygen atoms in total. The molecule has 4 rings (SSSR count). The molecule has 0 bridgehead atoms. The Morgan fingerprint density at radius 3 is 2.64 bits per heavy atom. The molecule has 0 saturated carbocycles. The number of hydrogen-bond donors (Lipinski definition) is 1. The second kappa shape index (κ2) is 10.2. The van der Waals surface area contributed by atoms with Gasteiger partial charge in [0, 0.05) is 37.5 Å². The van der Waals surface area contributed by atoms with Crippen molar-refractivity contribution in [2.24, 2.45) is 5.92 Å². The molecule has 1 unspecified atom stereocenters. The minimum atomic E-state index is -5.08. The summed E-state index contributed by atoms with van der Waals surface area (Å²) in [5.74, 6) is -1.44. The van der Waals surface area contributed by atoms with E-state index < -0.39 is 12.1 Å². The van der Waals surface area contributed by atoms with Crippen LogP contribution in [0.3, 0.4) is 0 Å². The fourth-order valence-corrected chi connectivity index (χ4v) is 3.22. The maximum Gasteiger partial charge on any atom is 0.490 e. The quantitative estimate of drug-likeness (QED) is 0.629. The molecule has 0 fully saturated rings. The zero-order chi connectivity index (χ0) is 24.0. The largest absolute Gasteiger partial charge is 0.490 e. The van der Waals surface area contributed by atoms with Gasteiger partial charge in [0.2, 0.25) is 5.88 Å². The van der Waals surface area contributed by atoms with E-state index in [9.17, 15) is 18.0 Å². The Kier molecular flexibility index (Phi) is 7.36. The zero-order valence-electron chi connectivity index (χ0n) is 17.5. The summed E-state index contributed by atoms with van der Waals surface area (Å²) in [6, 6.07) is 7.29. The summed E-state index contributed by atoms with van der Waals surface area (Å²) in [7, 11) is 0. The SMILES string of the molecule is Cc1occc1C(=O)N1Cc2cncn2CC(COc2ccccn2)C1.O=C(O)C(F)(F)F. The van der Waals surface area contributed by atoms with Crippen LogP contribution < -0.4 is 4.74 Å². The van der Waals surface area contributed by atoms with Gasteiger partial charge in [-0.1, -0.05) is 6.07 Å². The first-order valence-corrected chi connectivity index (χ1v) is 9.81. The van der Waals surface area contributed by atoms with Gasteiger partial charge in [-0.2, -0.15) is 13.2 Å². The van der Waals surface area contributed by atoms with Crippen LogP contribution in [0.1, 0.15) is 21.8 Å². The second-order valence-corrected chi connectivity index (χ2v) is 7.26. The summed E-state index contributed by atoms with van der Waals surface area (Å²) in [6.45, 7) is 4.14. The van der Waals surface area contributed by atoms with Crippen molar-refractivity contribution in [1.82, 2.24) is 19.4 Å². The van der Waals surface area contributed by atoms with Crippen molar-refractivity contribution in [3.05, 3.63) is 66.3 Å². The highest BCUT2D eigenvalue weighted by Crippen LogP contribution is 2.21. The summed E-state index contributed by atoms with van der Waals surface area (Å²) in [6.07, 6.45) is 1.78. The summed E-state index contributed by atoms with van der Waals surface area (Å²) in [5, 5.41) is 7.12. The average Bonchev–Trinajstić information content (AvgIpc) is 3.36. The fourth-order valence-electron chi connectivity index (χ4n) is 3.22. The molecular formula is C21H21F3N4O5. The van der Waals surface area contributed by atoms with Gasteiger partial charge in [0.25, 0.3) is 5.91 Å². The van der Waals surface area contributed by atoms with Crippen molar-refractivity contribution >= 4 is 11.9 Å². The highest BCUT2D eigenvalue weighted by atomic mass is 19.4. The monoisotopic (exact) mass is 466 g/mol. The Morgan fingerprint density at radius 1 is 1.27 bits per heavy atom. The lowest BCUT2D eigenvalue weighted by Gasteiger charge is -2.24. The van der Waals surface area contributed by atoms with Crippen molar-refractivity contribution in [2.45, 2.75) is 26.2 Å². The molecule has 3 aromatic heterocycles. The van der Waals surface area contributed by atoms with Crippen LogP contribution in [0.5, 0.6) is 5.88 Å². The number of ether oxygens (including phenoxy) is 1. The molecule has 0 saturated heterocycles. The molecule has 176 valence electrons. The number of pyridine rings is 1. The standard InChI is InChI=1S/C19H20N4O3.C2HF3O2/c1-14-17(5-7-25-14)19(24)22-9-15(10-23-13-20-8-16(23)11-22)12-26-18-4-2-3-6-21-18;3-2(4,5)1(6)7/h2-8,13,15H,9-12H2,1H3;(H,6,7). The van der Waals surface area contributed by atoms with E-state index in [0.29, 0.717) is 36.9 Å². The number of carbonyl (C=O) groups is 2. The van der Waals surface area contributed by atoms with Gasteiger partial charge in [-0.3, -0.25) is 4.79 Å². The second-order valence-electron chi connectivity index (χ2n) is 7.26. The maximum absolute atomic E-state index is 13.0. The first-order valence-electron chi connectivity index (χ1n) is 9.81. The normalized spacial score (nSPS) is 15.6. The Balaban J connectivity index is 0.000000383. The molecule has 3 aromatic rings. The molecule has 33 heavy (non-hydrogen) atoms. The first kappa shape index (κ1) is 23.8. The Hall–Kier alpha value is -3.83. The fraction of sp³-hybridized carbons (Fsp3) is 0.333. The number of carboxylic acid groups (broad SMARTS) is 1. The number of furan rings is 1. The Bertz CT molecular complexity index is 1080. The van der Waals surface area contributed by atoms with Gasteiger partial charge in [0.1, 0.15) is 5.76 Å². The predicted molar refractivity (Wildman–Crippen MR) is 107 cm³/mol. The van der Waals surface area contributed by atoms with Crippen LogP contribution in [0.4, 0.5) is 13.2 Å². The van der Waals surface area contributed by atoms with E-state index in [1.165, 1.54) is 0 Å². The van der Waals surface area contributed by atoms with Gasteiger partial charge in [0.15, 0.2) is 0 Å². The molecule has 0 radical (unpaired) electrons. The average molecular weight is 466 g/mol. The van der Waals surface area contributed by atoms with Gasteiger partial charge < -0.3 is 23.7 Å². The van der Waals surface area contributed by atoms with E-state index in [0.717, 1.165) is 12.2 Å². The van der Waals surface area contributed by atoms with Gasteiger partial charge in [-0.25, -0.2) is 14.8 Å². The number of fused-ring (bicyclic) bond motifs is 1. The number of imidazole rings is 1. The number of alkyl halides is 3. The molecule has 0 aliphatic carbocycles. The Labute approximate surface area is 186 Å². The Morgan fingerprint density at radius 2 is 2.03 bits per heavy atom. The predicted octanol–water partition coefficient (Wildman–Crippen LogP) is 3.16. The number of carbonyl (C=O) groups excluding carboxylic acids is 1. The van der Waals surface area contributed by atoms with Crippen LogP contribution in [0.15, 0.2) is 53.7 Å². The van der Waals surface area contributed by atoms with Crippen molar-refractivity contribution in [2.75, 3.05) is 13.2 Å². The molecule has 4 heterocycles. The molecule has 1 aliphatic heterocycles. The number of halogens is 3. The molecule has 1 amide bonds. The summed E-state index contributed by atoms with van der Waals surface area (Å²) in [4.78, 5) is 32.1. The van der Waals surface area contributed by atoms with Crippen molar-refractivity contribution in [3.8, 4) is 5.88 Å². The van der Waals surface area contributed by atoms with E-state index >= 15 is 0 Å². The highest BCUT2D eigenvalue weighted by Gasteiger charge is 2.38. The summed E-state index contributed by atoms with van der Waals surface area (Å²) >= 11 is 0. The van der Waals surface area contributed by atoms with Crippen LogP contribution in [0.25, 0.3) is 0 Å². The van der Waals surface area contributed by atoms with Crippen LogP contribution in [0.2, 0.25) is 0 Å². The zero-order valence-corrected chi connectivity index (χ0v) is 17.5. The number of carboxylic acids is 1. The van der Waals surface area contributed by atoms with Gasteiger partial charge >= 0.3 is 12.1 Å². The minimum absolute atomic E-state index is 0.0336. The topological polar surface area (TPSA) is 111 Å². The van der Waals surface area contributed by atoms with Crippen LogP contribution >= 0.6 is 0 Å². The van der Waals surface area contributed by atoms with Gasteiger partial charge in [-0.15, -0.1) is 0 Å². The number of nitrogens with zero attached hydrogens (tertiary/aromatic N) is 4. The number of aryl methyl sites for hydroxylation is 1. The van der Waals surface area contributed by atoms with Crippen molar-refractivity contribution in [1.29, 1.82) is 0 Å². The molecule has 0 aromatic carbocycles. The summed E-state index contributed by atoms with van der Waals surface area (Å²) < 4.78 is 45.0. The van der Waals surface area contributed by atoms with Gasteiger partial charge in [0.05, 0.1) is 37.0 Å². The first-order chi connectivity index (χ1) is 15.6. The molecule has 1 atom stereocenters. The third kappa shape index (κ3) is 6.34. The molecule has 1 aliphatic rings. The van der Waals surface area contributed by atoms with Crippen LogP contribution in [-0.4, -0.2) is 55.7 Å². The van der Waals surface area contributed by atoms with E-state index in [2.05, 4.69) is 14.5 Å². The number of rotatable bonds is 4. The molecular weight excluding hydrogens is 445 g/mol. The number of aliphatic carboxylic acids is 1. The van der Waals surface area contributed by atoms with Crippen LogP contribution in [0, 0.1) is 12.8 Å². The molecule has 12 heteroatoms. The number of aromatic nitrogens is 3. The summed E-state index contributed by atoms with van der Waals surface area (Å²) in [5.41, 5.74) is 1.61. The molecule has 1 N–H and O–H groups in total. The van der Waals surface area contributed by atoms with E-state index in [1.807, 2.05) is 29.3 Å². The van der Waals surface area contributed by atoms with Crippen molar-refractivity contribution in [3.63, 3.8) is 0 Å². The maximum atomic E-state index is 13.0. The third-order valence-corrected chi connectivity index (χ3v) is 4.81. The van der Waals surface area contributed by atoms with Crippen LogP contribution in [-0.2, 0) is 17.9 Å². The lowest BCUT2D eigenvalue weighted by Crippen LogP contribution is -2.36. The highest BCUT2D eigenvalue weighted by molar-refractivity contribution is 5.95. The lowest BCUT2D eigenvalue weighted by atomic mass is 10.1. The minimum Gasteiger partial charge on any atom is -0.477 e. The molecule has 0 spiro atoms. The lowest BCUT2D eigenvalue weighted by molar-refractivity contribution is -0.192. The van der Waals surface area contributed by atoms with E-state index in [-0.39, 0.29) is 11.8 Å². The number of amides is 1. The van der Waals surface area contributed by atoms with E-state index in [4.69, 9.17) is 19.1 Å². The van der Waals surface area contributed by atoms with Crippen molar-refractivity contribution < 1.29 is 37.0 Å². The smallest absolute Gasteiger partial charge is 0.477 e. The number of hydrogen-bond acceptors (Lipinski definition) is 6.